The second-order valence-electron chi connectivity index (χ2n) is 9.45. The van der Waals surface area contributed by atoms with E-state index >= 15 is 0 Å². The third-order valence-corrected chi connectivity index (χ3v) is 6.91. The molecule has 1 amide bonds. The molecule has 40 heavy (non-hydrogen) atoms. The van der Waals surface area contributed by atoms with Gasteiger partial charge in [-0.2, -0.15) is 36.7 Å². The van der Waals surface area contributed by atoms with E-state index in [2.05, 4.69) is 10.1 Å². The van der Waals surface area contributed by atoms with Crippen LogP contribution in [0.1, 0.15) is 24.0 Å². The number of piperazine rings is 1. The van der Waals surface area contributed by atoms with Gasteiger partial charge in [0.1, 0.15) is 17.5 Å². The lowest BCUT2D eigenvalue weighted by molar-refractivity contribution is -0.169. The lowest BCUT2D eigenvalue weighted by atomic mass is 10.1. The van der Waals surface area contributed by atoms with Crippen LogP contribution in [0.15, 0.2) is 29.3 Å². The van der Waals surface area contributed by atoms with Crippen LogP contribution >= 0.6 is 0 Å². The number of ether oxygens (including phenoxy) is 1. The first kappa shape index (κ1) is 29.1. The maximum atomic E-state index is 13.6. The van der Waals surface area contributed by atoms with Crippen molar-refractivity contribution in [3.05, 3.63) is 46.0 Å². The fraction of sp³-hybridized carbons (Fsp3) is 0.542. The molecule has 4 rings (SSSR count). The van der Waals surface area contributed by atoms with Gasteiger partial charge in [-0.25, -0.2) is 10.1 Å². The number of pyridine rings is 1. The van der Waals surface area contributed by atoms with E-state index < -0.39 is 54.1 Å². The van der Waals surface area contributed by atoms with Crippen molar-refractivity contribution in [2.24, 2.45) is 5.92 Å². The highest BCUT2D eigenvalue weighted by atomic mass is 19.4. The van der Waals surface area contributed by atoms with Gasteiger partial charge >= 0.3 is 12.4 Å². The summed E-state index contributed by atoms with van der Waals surface area (Å²) in [4.78, 5) is 33.2. The number of aromatic nitrogens is 3. The Morgan fingerprint density at radius 3 is 2.45 bits per heavy atom. The quantitative estimate of drug-likeness (QED) is 0.397. The predicted molar refractivity (Wildman–Crippen MR) is 128 cm³/mol. The number of anilines is 2. The number of nitrogens with zero attached hydrogens (tertiary/aromatic N) is 6. The molecule has 4 heterocycles. The molecular weight excluding hydrogens is 548 g/mol. The average molecular weight is 573 g/mol. The van der Waals surface area contributed by atoms with E-state index in [1.165, 1.54) is 6.20 Å². The van der Waals surface area contributed by atoms with E-state index in [-0.39, 0.29) is 25.5 Å². The molecule has 0 aromatic carbocycles. The lowest BCUT2D eigenvalue weighted by Crippen LogP contribution is -2.49. The summed E-state index contributed by atoms with van der Waals surface area (Å²) in [6.45, 7) is 0.516. The van der Waals surface area contributed by atoms with E-state index in [1.807, 2.05) is 11.0 Å². The average Bonchev–Trinajstić information content (AvgIpc) is 3.35. The third kappa shape index (κ3) is 6.64. The number of carbonyl (C=O) groups is 1. The molecule has 10 nitrogen and oxygen atoms in total. The van der Waals surface area contributed by atoms with Crippen LogP contribution in [0.4, 0.5) is 37.8 Å². The van der Waals surface area contributed by atoms with Gasteiger partial charge in [0, 0.05) is 38.9 Å². The minimum atomic E-state index is -5.11. The van der Waals surface area contributed by atoms with Crippen LogP contribution < -0.4 is 15.4 Å². The highest BCUT2D eigenvalue weighted by Crippen LogP contribution is 2.42. The molecular formula is C24H25F6N7O3. The molecule has 0 spiro atoms. The number of aromatic amines is 1. The van der Waals surface area contributed by atoms with E-state index in [0.717, 1.165) is 4.90 Å². The van der Waals surface area contributed by atoms with Crippen LogP contribution in [0.2, 0.25) is 0 Å². The summed E-state index contributed by atoms with van der Waals surface area (Å²) >= 11 is 0. The number of rotatable bonds is 7. The number of halogens is 6. The van der Waals surface area contributed by atoms with Crippen molar-refractivity contribution < 1.29 is 35.9 Å². The summed E-state index contributed by atoms with van der Waals surface area (Å²) in [6.07, 6.45) is -8.22. The van der Waals surface area contributed by atoms with Crippen molar-refractivity contribution >= 4 is 17.4 Å². The number of hydrogen-bond donors (Lipinski definition) is 1. The molecule has 2 saturated heterocycles. The van der Waals surface area contributed by atoms with E-state index in [9.17, 15) is 35.9 Å². The van der Waals surface area contributed by atoms with Crippen LogP contribution in [0, 0.1) is 17.2 Å². The van der Waals surface area contributed by atoms with Gasteiger partial charge in [0.25, 0.3) is 5.56 Å². The fourth-order valence-electron chi connectivity index (χ4n) is 4.85. The molecule has 2 atom stereocenters. The lowest BCUT2D eigenvalue weighted by Gasteiger charge is -2.35. The zero-order valence-corrected chi connectivity index (χ0v) is 21.0. The first-order valence-corrected chi connectivity index (χ1v) is 12.3. The number of hydrogen-bond acceptors (Lipinski definition) is 8. The first-order chi connectivity index (χ1) is 18.9. The molecule has 1 N–H and O–H groups in total. The zero-order chi connectivity index (χ0) is 29.1. The summed E-state index contributed by atoms with van der Waals surface area (Å²) in [5.41, 5.74) is -3.49. The molecule has 2 aliphatic heterocycles. The molecule has 216 valence electrons. The van der Waals surface area contributed by atoms with Crippen LogP contribution in [-0.2, 0) is 15.7 Å². The minimum absolute atomic E-state index is 0.0646. The van der Waals surface area contributed by atoms with E-state index in [0.29, 0.717) is 43.8 Å². The van der Waals surface area contributed by atoms with Crippen molar-refractivity contribution in [1.82, 2.24) is 20.1 Å². The standard InChI is InChI=1S/C24H25F6N7O3/c25-23(26,27)16-9-17(37(13-16)18-12-33-34-22(39)21(18)24(28,29)30)14-40-8-3-20(38)36-6-4-35(5-7-36)19-2-1-15(10-31)11-32-19/h1-2,11-12,16-17H,3-9,13-14H2,(H,34,39)/t16-,17-/m0/s1. The number of nitriles is 1. The molecule has 2 aromatic rings. The summed E-state index contributed by atoms with van der Waals surface area (Å²) in [5, 5.41) is 13.9. The van der Waals surface area contributed by atoms with Crippen molar-refractivity contribution in [2.45, 2.75) is 31.2 Å². The molecule has 0 saturated carbocycles. The van der Waals surface area contributed by atoms with Gasteiger partial charge < -0.3 is 19.4 Å². The molecule has 0 aliphatic carbocycles. The number of H-pyrrole nitrogens is 1. The Kier molecular flexibility index (Phi) is 8.52. The van der Waals surface area contributed by atoms with Gasteiger partial charge in [-0.1, -0.05) is 0 Å². The largest absolute Gasteiger partial charge is 0.423 e. The second kappa shape index (κ2) is 11.7. The molecule has 16 heteroatoms. The Labute approximate surface area is 224 Å². The topological polar surface area (TPSA) is 118 Å². The number of alkyl halides is 6. The Morgan fingerprint density at radius 1 is 1.12 bits per heavy atom. The van der Waals surface area contributed by atoms with E-state index in [1.54, 1.807) is 22.1 Å². The van der Waals surface area contributed by atoms with Crippen LogP contribution in [0.3, 0.4) is 0 Å². The van der Waals surface area contributed by atoms with Gasteiger partial charge in [-0.15, -0.1) is 0 Å². The highest BCUT2D eigenvalue weighted by molar-refractivity contribution is 5.76. The second-order valence-corrected chi connectivity index (χ2v) is 9.45. The summed E-state index contributed by atoms with van der Waals surface area (Å²) in [6, 6.07) is 4.24. The van der Waals surface area contributed by atoms with E-state index in [4.69, 9.17) is 10.00 Å². The predicted octanol–water partition coefficient (Wildman–Crippen LogP) is 2.57. The highest BCUT2D eigenvalue weighted by Gasteiger charge is 2.49. The smallest absolute Gasteiger partial charge is 0.379 e. The Balaban J connectivity index is 1.32. The zero-order valence-electron chi connectivity index (χ0n) is 21.0. The van der Waals surface area contributed by atoms with Gasteiger partial charge in [0.15, 0.2) is 0 Å². The Hall–Kier alpha value is -3.87. The summed E-state index contributed by atoms with van der Waals surface area (Å²) in [7, 11) is 0. The third-order valence-electron chi connectivity index (χ3n) is 6.91. The van der Waals surface area contributed by atoms with Crippen LogP contribution in [0.25, 0.3) is 0 Å². The number of carbonyl (C=O) groups excluding carboxylic acids is 1. The molecule has 0 bridgehead atoms. The van der Waals surface area contributed by atoms with Crippen molar-refractivity contribution in [3.63, 3.8) is 0 Å². The van der Waals surface area contributed by atoms with Gasteiger partial charge in [0.2, 0.25) is 5.91 Å². The minimum Gasteiger partial charge on any atom is -0.379 e. The fourth-order valence-corrected chi connectivity index (χ4v) is 4.85. The van der Waals surface area contributed by atoms with Crippen molar-refractivity contribution in [2.75, 3.05) is 55.7 Å². The number of nitrogens with one attached hydrogen (secondary N) is 1. The van der Waals surface area contributed by atoms with Crippen molar-refractivity contribution in [3.8, 4) is 6.07 Å². The maximum Gasteiger partial charge on any atom is 0.423 e. The maximum absolute atomic E-state index is 13.6. The van der Waals surface area contributed by atoms with Gasteiger partial charge in [0.05, 0.1) is 49.0 Å². The Bertz CT molecular complexity index is 1280. The Morgan fingerprint density at radius 2 is 1.85 bits per heavy atom. The summed E-state index contributed by atoms with van der Waals surface area (Å²) in [5.74, 6) is -1.48. The van der Waals surface area contributed by atoms with Crippen LogP contribution in [0.5, 0.6) is 0 Å². The van der Waals surface area contributed by atoms with Gasteiger partial charge in [-0.3, -0.25) is 9.59 Å². The van der Waals surface area contributed by atoms with Crippen LogP contribution in [-0.4, -0.2) is 84.1 Å². The van der Waals surface area contributed by atoms with Gasteiger partial charge in [-0.05, 0) is 18.6 Å². The molecule has 2 fully saturated rings. The van der Waals surface area contributed by atoms with Crippen molar-refractivity contribution in [1.29, 1.82) is 5.26 Å². The number of amides is 1. The molecule has 2 aromatic heterocycles. The molecule has 0 unspecified atom stereocenters. The molecule has 0 radical (unpaired) electrons. The normalized spacial score (nSPS) is 20.1. The molecule has 2 aliphatic rings. The SMILES string of the molecule is N#Cc1ccc(N2CCN(C(=O)CCOC[C@@H]3C[C@H](C(F)(F)F)CN3c3cn[nH]c(=O)c3C(F)(F)F)CC2)nc1. The monoisotopic (exact) mass is 573 g/mol. The first-order valence-electron chi connectivity index (χ1n) is 12.3. The summed E-state index contributed by atoms with van der Waals surface area (Å²) < 4.78 is 86.5.